The minimum atomic E-state index is -0.127. The Morgan fingerprint density at radius 1 is 0.833 bits per heavy atom. The third kappa shape index (κ3) is 1.85. The molecule has 4 heteroatoms. The van der Waals surface area contributed by atoms with Gasteiger partial charge in [0.2, 0.25) is 11.8 Å². The second kappa shape index (κ2) is 5.19. The number of anilines is 1. The average Bonchev–Trinajstić information content (AvgIpc) is 3.27. The van der Waals surface area contributed by atoms with Gasteiger partial charge < -0.3 is 0 Å². The van der Waals surface area contributed by atoms with Gasteiger partial charge in [-0.1, -0.05) is 22.7 Å². The molecule has 0 N–H and O–H groups in total. The minimum Gasteiger partial charge on any atom is -0.274 e. The fourth-order valence-corrected chi connectivity index (χ4v) is 5.86. The fraction of sp³-hybridized carbons (Fsp3) is 0.500. The SMILES string of the molecule is O=C1[C@H]2[C@H](C(=O)N1c1ccc(Cl)cc1)[C@H]1CCCC1=C1CCC[C@H]12. The lowest BCUT2D eigenvalue weighted by molar-refractivity contribution is -0.122. The normalized spacial score (nSPS) is 34.6. The number of nitrogens with zero attached hydrogens (tertiary/aromatic N) is 1. The molecular formula is C20H20ClNO2. The van der Waals surface area contributed by atoms with Gasteiger partial charge >= 0.3 is 0 Å². The van der Waals surface area contributed by atoms with Gasteiger partial charge in [0.15, 0.2) is 0 Å². The van der Waals surface area contributed by atoms with Crippen molar-refractivity contribution in [3.63, 3.8) is 0 Å². The van der Waals surface area contributed by atoms with Crippen molar-refractivity contribution < 1.29 is 9.59 Å². The van der Waals surface area contributed by atoms with Crippen LogP contribution in [0.15, 0.2) is 35.4 Å². The molecule has 3 fully saturated rings. The van der Waals surface area contributed by atoms with Crippen LogP contribution in [0.4, 0.5) is 5.69 Å². The van der Waals surface area contributed by atoms with Crippen molar-refractivity contribution >= 4 is 29.1 Å². The van der Waals surface area contributed by atoms with Crippen molar-refractivity contribution in [2.24, 2.45) is 23.7 Å². The molecular weight excluding hydrogens is 322 g/mol. The van der Waals surface area contributed by atoms with Crippen LogP contribution in [0.2, 0.25) is 5.02 Å². The molecule has 2 amide bonds. The number of rotatable bonds is 1. The van der Waals surface area contributed by atoms with Crippen molar-refractivity contribution in [1.82, 2.24) is 0 Å². The summed E-state index contributed by atoms with van der Waals surface area (Å²) in [4.78, 5) is 27.9. The Labute approximate surface area is 146 Å². The average molecular weight is 342 g/mol. The Bertz CT molecular complexity index is 724. The topological polar surface area (TPSA) is 37.4 Å². The first-order valence-corrected chi connectivity index (χ1v) is 9.40. The molecule has 1 aliphatic heterocycles. The quantitative estimate of drug-likeness (QED) is 0.562. The Kier molecular flexibility index (Phi) is 3.18. The van der Waals surface area contributed by atoms with E-state index in [1.54, 1.807) is 24.3 Å². The molecule has 3 nitrogen and oxygen atoms in total. The number of allylic oxidation sites excluding steroid dienone is 2. The smallest absolute Gasteiger partial charge is 0.238 e. The third-order valence-corrected chi connectivity index (χ3v) is 6.83. The molecule has 2 saturated carbocycles. The van der Waals surface area contributed by atoms with Crippen LogP contribution in [0, 0.1) is 23.7 Å². The molecule has 1 heterocycles. The number of halogens is 1. The van der Waals surface area contributed by atoms with E-state index in [4.69, 9.17) is 11.6 Å². The zero-order valence-corrected chi connectivity index (χ0v) is 14.3. The van der Waals surface area contributed by atoms with Crippen molar-refractivity contribution in [2.75, 3.05) is 4.90 Å². The Hall–Kier alpha value is -1.61. The lowest BCUT2D eigenvalue weighted by Crippen LogP contribution is -2.35. The third-order valence-electron chi connectivity index (χ3n) is 6.58. The van der Waals surface area contributed by atoms with E-state index in [9.17, 15) is 9.59 Å². The highest BCUT2D eigenvalue weighted by molar-refractivity contribution is 6.30. The van der Waals surface area contributed by atoms with Gasteiger partial charge in [-0.25, -0.2) is 0 Å². The molecule has 4 atom stereocenters. The molecule has 124 valence electrons. The van der Waals surface area contributed by atoms with Crippen LogP contribution in [-0.2, 0) is 9.59 Å². The van der Waals surface area contributed by atoms with E-state index in [-0.39, 0.29) is 23.7 Å². The molecule has 0 radical (unpaired) electrons. The predicted octanol–water partition coefficient (Wildman–Crippen LogP) is 4.36. The predicted molar refractivity (Wildman–Crippen MR) is 92.6 cm³/mol. The zero-order chi connectivity index (χ0) is 16.4. The fourth-order valence-electron chi connectivity index (χ4n) is 5.74. The highest BCUT2D eigenvalue weighted by atomic mass is 35.5. The van der Waals surface area contributed by atoms with E-state index in [1.165, 1.54) is 28.9 Å². The van der Waals surface area contributed by atoms with Gasteiger partial charge in [-0.2, -0.15) is 0 Å². The zero-order valence-electron chi connectivity index (χ0n) is 13.5. The molecule has 0 bridgehead atoms. The minimum absolute atomic E-state index is 0.0164. The molecule has 1 aromatic carbocycles. The van der Waals surface area contributed by atoms with E-state index in [0.29, 0.717) is 22.5 Å². The maximum atomic E-state index is 13.2. The van der Waals surface area contributed by atoms with Crippen molar-refractivity contribution in [3.05, 3.63) is 40.4 Å². The van der Waals surface area contributed by atoms with Crippen LogP contribution in [-0.4, -0.2) is 11.8 Å². The van der Waals surface area contributed by atoms with Crippen LogP contribution in [0.25, 0.3) is 0 Å². The van der Waals surface area contributed by atoms with Gasteiger partial charge in [-0.3, -0.25) is 14.5 Å². The van der Waals surface area contributed by atoms with Crippen LogP contribution in [0.3, 0.4) is 0 Å². The van der Waals surface area contributed by atoms with Gasteiger partial charge in [0.25, 0.3) is 0 Å². The number of fused-ring (bicyclic) bond motifs is 5. The van der Waals surface area contributed by atoms with E-state index in [2.05, 4.69) is 0 Å². The molecule has 3 aliphatic carbocycles. The summed E-state index contributed by atoms with van der Waals surface area (Å²) < 4.78 is 0. The summed E-state index contributed by atoms with van der Waals surface area (Å²) in [5.74, 6) is 0.404. The number of carbonyl (C=O) groups excluding carboxylic acids is 2. The van der Waals surface area contributed by atoms with Crippen LogP contribution >= 0.6 is 11.6 Å². The number of hydrogen-bond donors (Lipinski definition) is 0. The summed E-state index contributed by atoms with van der Waals surface area (Å²) in [5.41, 5.74) is 3.75. The summed E-state index contributed by atoms with van der Waals surface area (Å²) in [7, 11) is 0. The summed E-state index contributed by atoms with van der Waals surface area (Å²) >= 11 is 5.96. The number of carbonyl (C=O) groups is 2. The van der Waals surface area contributed by atoms with Gasteiger partial charge in [0.05, 0.1) is 17.5 Å². The molecule has 24 heavy (non-hydrogen) atoms. The van der Waals surface area contributed by atoms with Gasteiger partial charge in [-0.05, 0) is 74.6 Å². The number of amides is 2. The second-order valence-electron chi connectivity index (χ2n) is 7.59. The van der Waals surface area contributed by atoms with E-state index in [0.717, 1.165) is 25.7 Å². The molecule has 5 rings (SSSR count). The molecule has 1 aromatic rings. The van der Waals surface area contributed by atoms with Crippen molar-refractivity contribution in [2.45, 2.75) is 38.5 Å². The number of hydrogen-bond acceptors (Lipinski definition) is 2. The van der Waals surface area contributed by atoms with Crippen LogP contribution < -0.4 is 4.90 Å². The van der Waals surface area contributed by atoms with E-state index >= 15 is 0 Å². The first kappa shape index (κ1) is 14.7. The van der Waals surface area contributed by atoms with Crippen molar-refractivity contribution in [3.8, 4) is 0 Å². The summed E-state index contributed by atoms with van der Waals surface area (Å²) in [5, 5.41) is 0.619. The molecule has 4 aliphatic rings. The first-order valence-electron chi connectivity index (χ1n) is 9.02. The molecule has 0 spiro atoms. The number of benzene rings is 1. The van der Waals surface area contributed by atoms with Crippen molar-refractivity contribution in [1.29, 1.82) is 0 Å². The number of imide groups is 1. The molecule has 0 aromatic heterocycles. The monoisotopic (exact) mass is 341 g/mol. The maximum absolute atomic E-state index is 13.2. The van der Waals surface area contributed by atoms with E-state index < -0.39 is 0 Å². The molecule has 0 unspecified atom stereocenters. The van der Waals surface area contributed by atoms with Gasteiger partial charge in [-0.15, -0.1) is 0 Å². The Balaban J connectivity index is 1.60. The summed E-state index contributed by atoms with van der Waals surface area (Å²) in [6.07, 6.45) is 6.76. The Morgan fingerprint density at radius 3 is 1.83 bits per heavy atom. The first-order chi connectivity index (χ1) is 11.7. The van der Waals surface area contributed by atoms with Gasteiger partial charge in [0.1, 0.15) is 0 Å². The van der Waals surface area contributed by atoms with Crippen LogP contribution in [0.1, 0.15) is 38.5 Å². The summed E-state index contributed by atoms with van der Waals surface area (Å²) in [6, 6.07) is 7.07. The largest absolute Gasteiger partial charge is 0.274 e. The second-order valence-corrected chi connectivity index (χ2v) is 8.02. The highest BCUT2D eigenvalue weighted by Crippen LogP contribution is 2.57. The highest BCUT2D eigenvalue weighted by Gasteiger charge is 2.59. The van der Waals surface area contributed by atoms with Gasteiger partial charge in [0, 0.05) is 5.02 Å². The Morgan fingerprint density at radius 2 is 1.33 bits per heavy atom. The molecule has 1 saturated heterocycles. The lowest BCUT2D eigenvalue weighted by atomic mass is 9.66. The van der Waals surface area contributed by atoms with E-state index in [1.807, 2.05) is 0 Å². The lowest BCUT2D eigenvalue weighted by Gasteiger charge is -2.34. The van der Waals surface area contributed by atoms with Crippen LogP contribution in [0.5, 0.6) is 0 Å². The summed E-state index contributed by atoms with van der Waals surface area (Å²) in [6.45, 7) is 0. The maximum Gasteiger partial charge on any atom is 0.238 e. The standard InChI is InChI=1S/C20H20ClNO2/c21-11-7-9-12(10-8-11)22-19(23)17-15-5-1-3-13(15)14-4-2-6-16(14)18(17)20(22)24/h7-10,15-18H,1-6H2/t15-,16+,17-,18-/m1/s1.